The molecule has 1 aromatic carbocycles. The van der Waals surface area contributed by atoms with Crippen LogP contribution in [0.25, 0.3) is 0 Å². The number of allylic oxidation sites excluding steroid dienone is 1. The smallest absolute Gasteiger partial charge is 0.119 e. The van der Waals surface area contributed by atoms with Crippen molar-refractivity contribution in [2.24, 2.45) is 0 Å². The van der Waals surface area contributed by atoms with Crippen LogP contribution >= 0.6 is 0 Å². The maximum Gasteiger partial charge on any atom is 0.119 e. The Morgan fingerprint density at radius 2 is 1.06 bits per heavy atom. The highest BCUT2D eigenvalue weighted by Gasteiger charge is 2.21. The van der Waals surface area contributed by atoms with Crippen LogP contribution < -0.4 is 4.74 Å². The van der Waals surface area contributed by atoms with Gasteiger partial charge >= 0.3 is 0 Å². The molecule has 0 radical (unpaired) electrons. The first kappa shape index (κ1) is 27.2. The molecular weight excluding hydrogens is 424 g/mol. The Morgan fingerprint density at radius 3 is 1.59 bits per heavy atom. The van der Waals surface area contributed by atoms with Gasteiger partial charge in [0.05, 0.1) is 24.9 Å². The van der Waals surface area contributed by atoms with Crippen molar-refractivity contribution in [1.29, 1.82) is 0 Å². The molecule has 34 heavy (non-hydrogen) atoms. The number of aryl methyl sites for hydroxylation is 1. The van der Waals surface area contributed by atoms with E-state index in [9.17, 15) is 0 Å². The van der Waals surface area contributed by atoms with E-state index in [1.807, 2.05) is 12.1 Å². The van der Waals surface area contributed by atoms with Crippen LogP contribution in [0, 0.1) is 6.92 Å². The molecule has 0 bridgehead atoms. The van der Waals surface area contributed by atoms with E-state index in [-0.39, 0.29) is 0 Å². The molecule has 2 saturated carbocycles. The summed E-state index contributed by atoms with van der Waals surface area (Å²) in [5.41, 5.74) is 2.66. The Hall–Kier alpha value is -1.36. The van der Waals surface area contributed by atoms with Gasteiger partial charge in [0.2, 0.25) is 0 Å². The summed E-state index contributed by atoms with van der Waals surface area (Å²) >= 11 is 0. The zero-order chi connectivity index (χ0) is 23.8. The van der Waals surface area contributed by atoms with E-state index < -0.39 is 0 Å². The molecule has 0 spiro atoms. The predicted molar refractivity (Wildman–Crippen MR) is 140 cm³/mol. The second-order valence-corrected chi connectivity index (χ2v) is 10.2. The summed E-state index contributed by atoms with van der Waals surface area (Å²) in [5, 5.41) is 0. The lowest BCUT2D eigenvalue weighted by Gasteiger charge is -2.28. The van der Waals surface area contributed by atoms with Crippen molar-refractivity contribution in [3.8, 4) is 5.75 Å². The van der Waals surface area contributed by atoms with E-state index >= 15 is 0 Å². The monoisotopic (exact) mass is 472 g/mol. The quantitative estimate of drug-likeness (QED) is 0.184. The minimum Gasteiger partial charge on any atom is -0.494 e. The number of hydrogen-bond donors (Lipinski definition) is 0. The zero-order valence-electron chi connectivity index (χ0n) is 21.6. The molecule has 0 unspecified atom stereocenters. The van der Waals surface area contributed by atoms with E-state index in [0.29, 0.717) is 18.3 Å². The fourth-order valence-electron chi connectivity index (χ4n) is 4.87. The highest BCUT2D eigenvalue weighted by Crippen LogP contribution is 2.25. The van der Waals surface area contributed by atoms with Gasteiger partial charge in [-0.1, -0.05) is 42.7 Å². The standard InChI is InChI=1S/C30H48O4/c1-25-9-13-27(14-10-25)31-21-5-3-4-6-22-32-29-17-19-30(20-18-29)34-24-8-7-23-33-28-15-11-26(2)12-16-28/h11-12,15-16,27,29-30H,1,3-10,13-14,17-24H2,2H3. The summed E-state index contributed by atoms with van der Waals surface area (Å²) in [6.45, 7) is 9.60. The highest BCUT2D eigenvalue weighted by molar-refractivity contribution is 5.26. The Morgan fingerprint density at radius 1 is 0.618 bits per heavy atom. The van der Waals surface area contributed by atoms with Crippen molar-refractivity contribution >= 4 is 0 Å². The molecule has 2 aliphatic rings. The average molecular weight is 473 g/mol. The topological polar surface area (TPSA) is 36.9 Å². The molecule has 0 N–H and O–H groups in total. The van der Waals surface area contributed by atoms with Gasteiger partial charge in [-0.05, 0) is 96.1 Å². The Balaban J connectivity index is 1.07. The predicted octanol–water partition coefficient (Wildman–Crippen LogP) is 7.57. The van der Waals surface area contributed by atoms with Gasteiger partial charge in [-0.15, -0.1) is 0 Å². The van der Waals surface area contributed by atoms with Crippen molar-refractivity contribution in [2.75, 3.05) is 26.4 Å². The number of hydrogen-bond acceptors (Lipinski definition) is 4. The van der Waals surface area contributed by atoms with Crippen LogP contribution in [0.15, 0.2) is 36.4 Å². The van der Waals surface area contributed by atoms with Crippen molar-refractivity contribution < 1.29 is 18.9 Å². The fraction of sp³-hybridized carbons (Fsp3) is 0.733. The minimum absolute atomic E-state index is 0.417. The molecule has 0 heterocycles. The maximum absolute atomic E-state index is 6.14. The normalized spacial score (nSPS) is 21.6. The minimum atomic E-state index is 0.417. The number of ether oxygens (including phenoxy) is 4. The van der Waals surface area contributed by atoms with Crippen molar-refractivity contribution in [1.82, 2.24) is 0 Å². The summed E-state index contributed by atoms with van der Waals surface area (Å²) in [6.07, 6.45) is 17.5. The molecule has 3 rings (SSSR count). The molecule has 4 heteroatoms. The van der Waals surface area contributed by atoms with Gasteiger partial charge in [0.1, 0.15) is 5.75 Å². The van der Waals surface area contributed by atoms with E-state index in [2.05, 4.69) is 25.6 Å². The van der Waals surface area contributed by atoms with Gasteiger partial charge in [-0.25, -0.2) is 0 Å². The summed E-state index contributed by atoms with van der Waals surface area (Å²) in [5.74, 6) is 0.959. The molecule has 0 atom stereocenters. The van der Waals surface area contributed by atoms with E-state index in [1.54, 1.807) is 0 Å². The van der Waals surface area contributed by atoms with Crippen LogP contribution in [0.5, 0.6) is 5.75 Å². The van der Waals surface area contributed by atoms with E-state index in [4.69, 9.17) is 18.9 Å². The average Bonchev–Trinajstić information content (AvgIpc) is 2.86. The van der Waals surface area contributed by atoms with Crippen LogP contribution in [0.3, 0.4) is 0 Å². The molecular formula is C30H48O4. The lowest BCUT2D eigenvalue weighted by molar-refractivity contribution is -0.0330. The zero-order valence-corrected chi connectivity index (χ0v) is 21.6. The van der Waals surface area contributed by atoms with Gasteiger partial charge in [0.15, 0.2) is 0 Å². The summed E-state index contributed by atoms with van der Waals surface area (Å²) in [7, 11) is 0. The molecule has 4 nitrogen and oxygen atoms in total. The Labute approximate surface area is 208 Å². The van der Waals surface area contributed by atoms with Gasteiger partial charge in [0, 0.05) is 19.8 Å². The van der Waals surface area contributed by atoms with Crippen molar-refractivity contribution in [2.45, 2.75) is 115 Å². The first-order valence-corrected chi connectivity index (χ1v) is 13.9. The number of unbranched alkanes of at least 4 members (excludes halogenated alkanes) is 4. The highest BCUT2D eigenvalue weighted by atomic mass is 16.5. The lowest BCUT2D eigenvalue weighted by Crippen LogP contribution is -2.27. The van der Waals surface area contributed by atoms with Crippen LogP contribution in [-0.4, -0.2) is 44.7 Å². The molecule has 2 aliphatic carbocycles. The third-order valence-corrected chi connectivity index (χ3v) is 7.19. The Bertz CT molecular complexity index is 653. The van der Waals surface area contributed by atoms with E-state index in [1.165, 1.54) is 49.7 Å². The van der Waals surface area contributed by atoms with Crippen molar-refractivity contribution in [3.05, 3.63) is 42.0 Å². The molecule has 0 amide bonds. The fourth-order valence-corrected chi connectivity index (χ4v) is 4.87. The van der Waals surface area contributed by atoms with Crippen LogP contribution in [-0.2, 0) is 14.2 Å². The first-order valence-electron chi connectivity index (χ1n) is 13.9. The van der Waals surface area contributed by atoms with Gasteiger partial charge in [-0.2, -0.15) is 0 Å². The third kappa shape index (κ3) is 11.4. The summed E-state index contributed by atoms with van der Waals surface area (Å²) in [4.78, 5) is 0. The van der Waals surface area contributed by atoms with Gasteiger partial charge < -0.3 is 18.9 Å². The van der Waals surface area contributed by atoms with Gasteiger partial charge in [-0.3, -0.25) is 0 Å². The van der Waals surface area contributed by atoms with Crippen LogP contribution in [0.1, 0.15) is 95.5 Å². The van der Waals surface area contributed by atoms with Crippen LogP contribution in [0.4, 0.5) is 0 Å². The van der Waals surface area contributed by atoms with E-state index in [0.717, 1.165) is 83.5 Å². The summed E-state index contributed by atoms with van der Waals surface area (Å²) < 4.78 is 24.1. The molecule has 0 aromatic heterocycles. The van der Waals surface area contributed by atoms with Crippen LogP contribution in [0.2, 0.25) is 0 Å². The first-order chi connectivity index (χ1) is 16.7. The van der Waals surface area contributed by atoms with Gasteiger partial charge in [0.25, 0.3) is 0 Å². The molecule has 0 saturated heterocycles. The summed E-state index contributed by atoms with van der Waals surface area (Å²) in [6, 6.07) is 8.26. The lowest BCUT2D eigenvalue weighted by atomic mass is 9.94. The molecule has 1 aromatic rings. The molecule has 2 fully saturated rings. The third-order valence-electron chi connectivity index (χ3n) is 7.19. The maximum atomic E-state index is 6.14. The number of rotatable bonds is 16. The SMILES string of the molecule is C=C1CCC(OCCCCCCOC2CCC(OCCCCOc3ccc(C)cc3)CC2)CC1. The second kappa shape index (κ2) is 16.3. The Kier molecular flexibility index (Phi) is 13.1. The molecule has 192 valence electrons. The molecule has 0 aliphatic heterocycles. The second-order valence-electron chi connectivity index (χ2n) is 10.2. The number of benzene rings is 1. The largest absolute Gasteiger partial charge is 0.494 e. The van der Waals surface area contributed by atoms with Crippen molar-refractivity contribution in [3.63, 3.8) is 0 Å².